The first-order valence-electron chi connectivity index (χ1n) is 12.9. The fraction of sp³-hybridized carbons (Fsp3) is 0.161. The van der Waals surface area contributed by atoms with Gasteiger partial charge in [-0.15, -0.1) is 24.8 Å². The number of halogens is 3. The molecule has 11 heteroatoms. The van der Waals surface area contributed by atoms with Crippen LogP contribution in [-0.2, 0) is 4.79 Å². The summed E-state index contributed by atoms with van der Waals surface area (Å²) in [5.41, 5.74) is 3.58. The van der Waals surface area contributed by atoms with E-state index in [1.165, 1.54) is 12.1 Å². The Labute approximate surface area is 255 Å². The zero-order valence-corrected chi connectivity index (χ0v) is 24.8. The molecule has 1 unspecified atom stereocenters. The van der Waals surface area contributed by atoms with Gasteiger partial charge in [-0.25, -0.2) is 9.37 Å². The molecule has 0 saturated heterocycles. The highest BCUT2D eigenvalue weighted by atomic mass is 35.5. The minimum Gasteiger partial charge on any atom is -0.346 e. The predicted octanol–water partition coefficient (Wildman–Crippen LogP) is 6.31. The van der Waals surface area contributed by atoms with Gasteiger partial charge in [-0.1, -0.05) is 36.4 Å². The number of pyridine rings is 1. The molecule has 0 aliphatic heterocycles. The van der Waals surface area contributed by atoms with E-state index in [1.54, 1.807) is 56.7 Å². The van der Waals surface area contributed by atoms with Gasteiger partial charge in [0.1, 0.15) is 11.5 Å². The number of aromatic amines is 1. The number of amides is 2. The van der Waals surface area contributed by atoms with Crippen LogP contribution in [0.1, 0.15) is 35.8 Å². The van der Waals surface area contributed by atoms with Crippen molar-refractivity contribution < 1.29 is 14.0 Å². The Bertz CT molecular complexity index is 1690. The molecule has 5 rings (SSSR count). The van der Waals surface area contributed by atoms with E-state index >= 15 is 0 Å². The topological polar surface area (TPSA) is 112 Å². The maximum atomic E-state index is 13.4. The van der Waals surface area contributed by atoms with E-state index in [9.17, 15) is 14.0 Å². The molecular weight excluding hydrogens is 578 g/mol. The van der Waals surface area contributed by atoms with E-state index in [1.807, 2.05) is 37.3 Å². The molecule has 0 aliphatic rings. The van der Waals surface area contributed by atoms with Crippen molar-refractivity contribution in [2.45, 2.75) is 25.9 Å². The Morgan fingerprint density at radius 1 is 0.881 bits per heavy atom. The first-order valence-corrected chi connectivity index (χ1v) is 12.9. The second-order valence-electron chi connectivity index (χ2n) is 9.61. The third-order valence-corrected chi connectivity index (χ3v) is 6.77. The summed E-state index contributed by atoms with van der Waals surface area (Å²) in [5, 5.41) is 10.8. The summed E-state index contributed by atoms with van der Waals surface area (Å²) in [6, 6.07) is 20.2. The maximum Gasteiger partial charge on any atom is 0.251 e. The SMILES string of the molecule is CNC(C)C(=O)Nc1cc(C(=O)N[C@H](C)c2ccc(F)cc2)cc(-c2cnc(-c3cc4ccccc4cn3)[nH]2)c1.Cl.Cl. The lowest BCUT2D eigenvalue weighted by Crippen LogP contribution is -2.35. The van der Waals surface area contributed by atoms with Crippen molar-refractivity contribution in [3.8, 4) is 22.8 Å². The fourth-order valence-electron chi connectivity index (χ4n) is 4.29. The van der Waals surface area contributed by atoms with E-state index in [4.69, 9.17) is 0 Å². The number of benzene rings is 3. The number of hydrogen-bond donors (Lipinski definition) is 4. The van der Waals surface area contributed by atoms with E-state index in [2.05, 4.69) is 30.9 Å². The van der Waals surface area contributed by atoms with Crippen LogP contribution in [0.3, 0.4) is 0 Å². The molecular formula is C31H31Cl2FN6O2. The number of likely N-dealkylation sites (N-methyl/N-ethyl adjacent to an activating group) is 1. The van der Waals surface area contributed by atoms with Crippen molar-refractivity contribution >= 4 is 53.1 Å². The standard InChI is InChI=1S/C31H29FN6O2.2ClH/c1-18(20-8-10-25(32)11-9-20)36-31(40)24-12-23(13-26(14-24)37-30(39)19(2)33-3)28-17-35-29(38-28)27-15-21-6-4-5-7-22(21)16-34-27;;/h4-19,33H,1-3H3,(H,35,38)(H,36,40)(H,37,39);2*1H/t18-,19?;;/m1../s1. The van der Waals surface area contributed by atoms with Crippen molar-refractivity contribution in [2.24, 2.45) is 0 Å². The Kier molecular flexibility index (Phi) is 10.8. The molecule has 2 atom stereocenters. The van der Waals surface area contributed by atoms with Gasteiger partial charge in [-0.2, -0.15) is 0 Å². The first kappa shape index (κ1) is 32.2. The van der Waals surface area contributed by atoms with E-state index in [0.717, 1.165) is 16.3 Å². The summed E-state index contributed by atoms with van der Waals surface area (Å²) in [6.07, 6.45) is 3.48. The minimum absolute atomic E-state index is 0. The van der Waals surface area contributed by atoms with Gasteiger partial charge in [-0.05, 0) is 68.2 Å². The normalized spacial score (nSPS) is 12.0. The lowest BCUT2D eigenvalue weighted by molar-refractivity contribution is -0.117. The number of fused-ring (bicyclic) bond motifs is 1. The maximum absolute atomic E-state index is 13.4. The number of anilines is 1. The van der Waals surface area contributed by atoms with Crippen molar-refractivity contribution in [3.05, 3.63) is 102 Å². The number of aromatic nitrogens is 3. The summed E-state index contributed by atoms with van der Waals surface area (Å²) in [4.78, 5) is 38.3. The van der Waals surface area contributed by atoms with E-state index in [0.29, 0.717) is 34.0 Å². The zero-order chi connectivity index (χ0) is 28.2. The van der Waals surface area contributed by atoms with Crippen LogP contribution in [0.5, 0.6) is 0 Å². The summed E-state index contributed by atoms with van der Waals surface area (Å²) in [6.45, 7) is 3.57. The number of carbonyl (C=O) groups is 2. The second-order valence-corrected chi connectivity index (χ2v) is 9.61. The summed E-state index contributed by atoms with van der Waals surface area (Å²) < 4.78 is 13.4. The molecule has 8 nitrogen and oxygen atoms in total. The van der Waals surface area contributed by atoms with Crippen molar-refractivity contribution in [2.75, 3.05) is 12.4 Å². The van der Waals surface area contributed by atoms with Crippen LogP contribution in [0.2, 0.25) is 0 Å². The highest BCUT2D eigenvalue weighted by Crippen LogP contribution is 2.27. The number of carbonyl (C=O) groups excluding carboxylic acids is 2. The Morgan fingerprint density at radius 2 is 1.60 bits per heavy atom. The molecule has 0 bridgehead atoms. The van der Waals surface area contributed by atoms with Gasteiger partial charge in [0, 0.05) is 28.4 Å². The number of nitrogens with one attached hydrogen (secondary N) is 4. The molecule has 0 aliphatic carbocycles. The molecule has 4 N–H and O–H groups in total. The van der Waals surface area contributed by atoms with Gasteiger partial charge < -0.3 is 20.9 Å². The van der Waals surface area contributed by atoms with Gasteiger partial charge in [0.15, 0.2) is 5.82 Å². The number of nitrogens with zero attached hydrogens (tertiary/aromatic N) is 2. The Balaban J connectivity index is 0.00000242. The predicted molar refractivity (Wildman–Crippen MR) is 169 cm³/mol. The quantitative estimate of drug-likeness (QED) is 0.165. The number of imidazole rings is 1. The summed E-state index contributed by atoms with van der Waals surface area (Å²) >= 11 is 0. The average Bonchev–Trinajstić information content (AvgIpc) is 3.47. The molecule has 0 radical (unpaired) electrons. The molecule has 2 aromatic heterocycles. The van der Waals surface area contributed by atoms with Crippen LogP contribution < -0.4 is 16.0 Å². The molecule has 3 aromatic carbocycles. The second kappa shape index (κ2) is 14.0. The smallest absolute Gasteiger partial charge is 0.251 e. The van der Waals surface area contributed by atoms with Gasteiger partial charge in [0.25, 0.3) is 5.91 Å². The van der Waals surface area contributed by atoms with Crippen LogP contribution in [0.4, 0.5) is 10.1 Å². The van der Waals surface area contributed by atoms with Crippen LogP contribution in [0, 0.1) is 5.82 Å². The molecule has 218 valence electrons. The lowest BCUT2D eigenvalue weighted by atomic mass is 10.0. The van der Waals surface area contributed by atoms with Gasteiger partial charge in [0.05, 0.1) is 24.0 Å². The summed E-state index contributed by atoms with van der Waals surface area (Å²) in [5.74, 6) is -0.345. The monoisotopic (exact) mass is 608 g/mol. The lowest BCUT2D eigenvalue weighted by Gasteiger charge is -2.16. The first-order chi connectivity index (χ1) is 19.3. The largest absolute Gasteiger partial charge is 0.346 e. The minimum atomic E-state index is -0.433. The summed E-state index contributed by atoms with van der Waals surface area (Å²) in [7, 11) is 1.70. The van der Waals surface area contributed by atoms with Crippen LogP contribution in [0.25, 0.3) is 33.5 Å². The fourth-order valence-corrected chi connectivity index (χ4v) is 4.29. The van der Waals surface area contributed by atoms with Gasteiger partial charge in [-0.3, -0.25) is 14.6 Å². The molecule has 2 amide bonds. The van der Waals surface area contributed by atoms with Crippen LogP contribution >= 0.6 is 24.8 Å². The number of hydrogen-bond acceptors (Lipinski definition) is 5. The Morgan fingerprint density at radius 3 is 2.31 bits per heavy atom. The number of H-pyrrole nitrogens is 1. The molecule has 42 heavy (non-hydrogen) atoms. The third-order valence-electron chi connectivity index (χ3n) is 6.77. The van der Waals surface area contributed by atoms with E-state index in [-0.39, 0.29) is 48.5 Å². The highest BCUT2D eigenvalue weighted by molar-refractivity contribution is 6.00. The molecule has 0 fully saturated rings. The molecule has 0 saturated carbocycles. The molecule has 2 heterocycles. The zero-order valence-electron chi connectivity index (χ0n) is 23.1. The average molecular weight is 610 g/mol. The van der Waals surface area contributed by atoms with Crippen molar-refractivity contribution in [1.82, 2.24) is 25.6 Å². The van der Waals surface area contributed by atoms with Gasteiger partial charge >= 0.3 is 0 Å². The Hall–Kier alpha value is -4.31. The third kappa shape index (κ3) is 7.30. The number of rotatable bonds is 8. The van der Waals surface area contributed by atoms with Crippen molar-refractivity contribution in [1.29, 1.82) is 0 Å². The van der Waals surface area contributed by atoms with Gasteiger partial charge in [0.2, 0.25) is 5.91 Å². The van der Waals surface area contributed by atoms with Crippen molar-refractivity contribution in [3.63, 3.8) is 0 Å². The highest BCUT2D eigenvalue weighted by Gasteiger charge is 2.17. The van der Waals surface area contributed by atoms with Crippen LogP contribution in [0.15, 0.2) is 85.2 Å². The van der Waals surface area contributed by atoms with E-state index < -0.39 is 6.04 Å². The molecule has 5 aromatic rings. The molecule has 0 spiro atoms. The van der Waals surface area contributed by atoms with Crippen LogP contribution in [-0.4, -0.2) is 39.9 Å².